The van der Waals surface area contributed by atoms with E-state index in [9.17, 15) is 14.4 Å². The summed E-state index contributed by atoms with van der Waals surface area (Å²) >= 11 is 0. The normalized spacial score (nSPS) is 11.6. The first-order valence-corrected chi connectivity index (χ1v) is 11.6. The highest BCUT2D eigenvalue weighted by Crippen LogP contribution is 2.29. The van der Waals surface area contributed by atoms with Gasteiger partial charge in [0.1, 0.15) is 11.5 Å². The zero-order chi connectivity index (χ0) is 24.7. The average Bonchev–Trinajstić information content (AvgIpc) is 2.85. The lowest BCUT2D eigenvalue weighted by molar-refractivity contribution is -0.139. The molecular weight excluding hydrogens is 430 g/mol. The van der Waals surface area contributed by atoms with Crippen LogP contribution < -0.4 is 15.0 Å². The van der Waals surface area contributed by atoms with Gasteiger partial charge in [-0.25, -0.2) is 0 Å². The second kappa shape index (κ2) is 11.5. The van der Waals surface area contributed by atoms with Gasteiger partial charge in [0.25, 0.3) is 5.56 Å². The molecule has 0 amide bonds. The molecule has 178 valence electrons. The summed E-state index contributed by atoms with van der Waals surface area (Å²) in [6.45, 7) is 5.93. The molecule has 0 saturated carbocycles. The van der Waals surface area contributed by atoms with Crippen LogP contribution in [0.3, 0.4) is 0 Å². The number of carbonyl (C=O) groups is 2. The number of para-hydroxylation sites is 1. The molecule has 1 aromatic heterocycles. The molecule has 0 radical (unpaired) electrons. The van der Waals surface area contributed by atoms with Crippen molar-refractivity contribution < 1.29 is 19.1 Å². The van der Waals surface area contributed by atoms with Crippen molar-refractivity contribution in [3.8, 4) is 17.2 Å². The third kappa shape index (κ3) is 5.63. The highest BCUT2D eigenvalue weighted by atomic mass is 16.5. The van der Waals surface area contributed by atoms with Crippen LogP contribution in [0.1, 0.15) is 61.0 Å². The monoisotopic (exact) mass is 461 g/mol. The van der Waals surface area contributed by atoms with Gasteiger partial charge in [-0.2, -0.15) is 0 Å². The van der Waals surface area contributed by atoms with E-state index in [0.717, 1.165) is 24.8 Å². The van der Waals surface area contributed by atoms with Crippen LogP contribution in [0.5, 0.6) is 11.5 Å². The smallest absolute Gasteiger partial charge is 0.314 e. The molecule has 0 fully saturated rings. The SMILES string of the molecule is CCCCC(CC)C(=O)Oc1cc(OC)ccc1C(=O)c1ccc(=O)n(-c2ccccc2C)c1. The van der Waals surface area contributed by atoms with Crippen LogP contribution in [-0.2, 0) is 4.79 Å². The summed E-state index contributed by atoms with van der Waals surface area (Å²) in [6, 6.07) is 15.1. The summed E-state index contributed by atoms with van der Waals surface area (Å²) in [7, 11) is 1.51. The van der Waals surface area contributed by atoms with Crippen molar-refractivity contribution in [2.45, 2.75) is 46.5 Å². The van der Waals surface area contributed by atoms with Gasteiger partial charge in [-0.3, -0.25) is 19.0 Å². The Labute approximate surface area is 200 Å². The van der Waals surface area contributed by atoms with Crippen LogP contribution in [0.25, 0.3) is 5.69 Å². The summed E-state index contributed by atoms with van der Waals surface area (Å²) in [6.07, 6.45) is 4.84. The molecule has 0 spiro atoms. The Kier molecular flexibility index (Phi) is 8.41. The minimum absolute atomic E-state index is 0.151. The lowest BCUT2D eigenvalue weighted by Gasteiger charge is -2.16. The number of unbranched alkanes of at least 4 members (excludes halogenated alkanes) is 1. The summed E-state index contributed by atoms with van der Waals surface area (Å²) in [4.78, 5) is 38.9. The van der Waals surface area contributed by atoms with Crippen molar-refractivity contribution in [3.05, 3.63) is 87.8 Å². The predicted molar refractivity (Wildman–Crippen MR) is 132 cm³/mol. The van der Waals surface area contributed by atoms with Gasteiger partial charge in [0.05, 0.1) is 24.3 Å². The van der Waals surface area contributed by atoms with Gasteiger partial charge in [0, 0.05) is 23.9 Å². The molecule has 3 aromatic rings. The van der Waals surface area contributed by atoms with Crippen molar-refractivity contribution >= 4 is 11.8 Å². The van der Waals surface area contributed by atoms with E-state index >= 15 is 0 Å². The molecule has 1 atom stereocenters. The largest absolute Gasteiger partial charge is 0.497 e. The van der Waals surface area contributed by atoms with E-state index in [0.29, 0.717) is 23.4 Å². The number of aryl methyl sites for hydroxylation is 1. The maximum atomic E-state index is 13.5. The Hall–Kier alpha value is -3.67. The zero-order valence-corrected chi connectivity index (χ0v) is 20.2. The number of esters is 1. The standard InChI is InChI=1S/C28H31NO5/c1-5-7-11-20(6-2)28(32)34-25-17-22(33-4)14-15-23(25)27(31)21-13-16-26(30)29(18-21)24-12-9-8-10-19(24)3/h8-10,12-18,20H,5-7,11H2,1-4H3. The molecule has 6 nitrogen and oxygen atoms in total. The molecule has 6 heteroatoms. The minimum atomic E-state index is -0.358. The number of rotatable bonds is 10. The number of hydrogen-bond acceptors (Lipinski definition) is 5. The summed E-state index contributed by atoms with van der Waals surface area (Å²) in [5.41, 5.74) is 1.91. The van der Waals surface area contributed by atoms with E-state index < -0.39 is 0 Å². The van der Waals surface area contributed by atoms with Gasteiger partial charge in [-0.1, -0.05) is 44.9 Å². The van der Waals surface area contributed by atoms with Crippen LogP contribution >= 0.6 is 0 Å². The van der Waals surface area contributed by atoms with E-state index in [1.165, 1.54) is 30.0 Å². The molecule has 0 aliphatic carbocycles. The van der Waals surface area contributed by atoms with Crippen LogP contribution in [0, 0.1) is 12.8 Å². The molecule has 0 bridgehead atoms. The lowest BCUT2D eigenvalue weighted by Crippen LogP contribution is -2.22. The van der Waals surface area contributed by atoms with Crippen molar-refractivity contribution in [2.24, 2.45) is 5.92 Å². The Morgan fingerprint density at radius 3 is 2.47 bits per heavy atom. The molecule has 0 N–H and O–H groups in total. The van der Waals surface area contributed by atoms with Crippen LogP contribution in [0.15, 0.2) is 65.6 Å². The first kappa shape index (κ1) is 25.0. The molecule has 1 unspecified atom stereocenters. The number of benzene rings is 2. The van der Waals surface area contributed by atoms with Gasteiger partial charge < -0.3 is 9.47 Å². The van der Waals surface area contributed by atoms with Crippen molar-refractivity contribution in [1.29, 1.82) is 0 Å². The second-order valence-electron chi connectivity index (χ2n) is 8.27. The van der Waals surface area contributed by atoms with Crippen LogP contribution in [0.4, 0.5) is 0 Å². The third-order valence-corrected chi connectivity index (χ3v) is 5.92. The number of hydrogen-bond donors (Lipinski definition) is 0. The van der Waals surface area contributed by atoms with Gasteiger partial charge >= 0.3 is 5.97 Å². The third-order valence-electron chi connectivity index (χ3n) is 5.92. The van der Waals surface area contributed by atoms with E-state index in [-0.39, 0.29) is 34.5 Å². The number of carbonyl (C=O) groups excluding carboxylic acids is 2. The van der Waals surface area contributed by atoms with Gasteiger partial charge in [0.15, 0.2) is 5.78 Å². The van der Waals surface area contributed by atoms with E-state index in [1.54, 1.807) is 18.2 Å². The van der Waals surface area contributed by atoms with Gasteiger partial charge in [-0.15, -0.1) is 0 Å². The minimum Gasteiger partial charge on any atom is -0.497 e. The molecule has 0 saturated heterocycles. The average molecular weight is 462 g/mol. The Morgan fingerprint density at radius 1 is 1.03 bits per heavy atom. The molecule has 2 aromatic carbocycles. The number of aromatic nitrogens is 1. The quantitative estimate of drug-likeness (QED) is 0.226. The number of pyridine rings is 1. The van der Waals surface area contributed by atoms with Crippen molar-refractivity contribution in [1.82, 2.24) is 4.57 Å². The second-order valence-corrected chi connectivity index (χ2v) is 8.27. The van der Waals surface area contributed by atoms with E-state index in [4.69, 9.17) is 9.47 Å². The maximum absolute atomic E-state index is 13.5. The number of ether oxygens (including phenoxy) is 2. The van der Waals surface area contributed by atoms with E-state index in [1.807, 2.05) is 38.1 Å². The van der Waals surface area contributed by atoms with E-state index in [2.05, 4.69) is 6.92 Å². The first-order chi connectivity index (χ1) is 16.4. The highest BCUT2D eigenvalue weighted by molar-refractivity contribution is 6.11. The fourth-order valence-electron chi connectivity index (χ4n) is 3.83. The molecule has 0 aliphatic rings. The number of nitrogens with zero attached hydrogens (tertiary/aromatic N) is 1. The number of ketones is 1. The van der Waals surface area contributed by atoms with Gasteiger partial charge in [-0.05, 0) is 49.6 Å². The topological polar surface area (TPSA) is 74.6 Å². The molecule has 1 heterocycles. The summed E-state index contributed by atoms with van der Waals surface area (Å²) < 4.78 is 12.5. The molecular formula is C28H31NO5. The Balaban J connectivity index is 1.99. The maximum Gasteiger partial charge on any atom is 0.314 e. The van der Waals surface area contributed by atoms with Crippen molar-refractivity contribution in [3.63, 3.8) is 0 Å². The predicted octanol–water partition coefficient (Wildman–Crippen LogP) is 5.51. The fraction of sp³-hybridized carbons (Fsp3) is 0.321. The van der Waals surface area contributed by atoms with Crippen LogP contribution in [0.2, 0.25) is 0 Å². The Morgan fingerprint density at radius 2 is 1.79 bits per heavy atom. The molecule has 3 rings (SSSR count). The summed E-state index contributed by atoms with van der Waals surface area (Å²) in [5, 5.41) is 0. The highest BCUT2D eigenvalue weighted by Gasteiger charge is 2.23. The zero-order valence-electron chi connectivity index (χ0n) is 20.2. The molecule has 34 heavy (non-hydrogen) atoms. The fourth-order valence-corrected chi connectivity index (χ4v) is 3.83. The van der Waals surface area contributed by atoms with Crippen LogP contribution in [-0.4, -0.2) is 23.4 Å². The first-order valence-electron chi connectivity index (χ1n) is 11.6. The van der Waals surface area contributed by atoms with Gasteiger partial charge in [0.2, 0.25) is 0 Å². The molecule has 0 aliphatic heterocycles. The Bertz CT molecular complexity index is 1230. The summed E-state index contributed by atoms with van der Waals surface area (Å²) in [5.74, 6) is -0.321. The lowest BCUT2D eigenvalue weighted by atomic mass is 9.99. The number of methoxy groups -OCH3 is 1. The van der Waals surface area contributed by atoms with Crippen molar-refractivity contribution in [2.75, 3.05) is 7.11 Å².